The van der Waals surface area contributed by atoms with Gasteiger partial charge in [0.25, 0.3) is 0 Å². The topological polar surface area (TPSA) is 15.3 Å². The summed E-state index contributed by atoms with van der Waals surface area (Å²) in [5.74, 6) is 0. The first-order valence-corrected chi connectivity index (χ1v) is 8.59. The van der Waals surface area contributed by atoms with Crippen molar-refractivity contribution in [3.8, 4) is 0 Å². The van der Waals surface area contributed by atoms with Gasteiger partial charge in [0.15, 0.2) is 0 Å². The molecule has 0 aliphatic carbocycles. The van der Waals surface area contributed by atoms with Gasteiger partial charge < -0.3 is 10.2 Å². The molecule has 0 saturated heterocycles. The van der Waals surface area contributed by atoms with E-state index in [1.54, 1.807) is 11.3 Å². The second-order valence-electron chi connectivity index (χ2n) is 5.25. The van der Waals surface area contributed by atoms with E-state index < -0.39 is 0 Å². The summed E-state index contributed by atoms with van der Waals surface area (Å²) in [6.45, 7) is 5.17. The van der Waals surface area contributed by atoms with E-state index in [2.05, 4.69) is 60.6 Å². The van der Waals surface area contributed by atoms with E-state index in [0.29, 0.717) is 6.04 Å². The Morgan fingerprint density at radius 3 is 2.57 bits per heavy atom. The molecule has 1 aromatic heterocycles. The molecule has 0 bridgehead atoms. The quantitative estimate of drug-likeness (QED) is 0.765. The molecule has 0 radical (unpaired) electrons. The lowest BCUT2D eigenvalue weighted by molar-refractivity contribution is 0.303. The Hall–Kier alpha value is -0.870. The number of halogens is 1. The average Bonchev–Trinajstić information content (AvgIpc) is 2.89. The lowest BCUT2D eigenvalue weighted by Crippen LogP contribution is -2.27. The highest BCUT2D eigenvalue weighted by atomic mass is 35.5. The van der Waals surface area contributed by atoms with E-state index in [9.17, 15) is 0 Å². The van der Waals surface area contributed by atoms with Crippen LogP contribution >= 0.6 is 22.9 Å². The number of nitrogens with one attached hydrogen (secondary N) is 1. The maximum Gasteiger partial charge on any atom is 0.0931 e. The molecule has 2 aromatic rings. The highest BCUT2D eigenvalue weighted by Crippen LogP contribution is 2.23. The van der Waals surface area contributed by atoms with E-state index in [0.717, 1.165) is 30.4 Å². The Bertz CT molecular complexity index is 527. The van der Waals surface area contributed by atoms with E-state index in [1.807, 2.05) is 6.07 Å². The van der Waals surface area contributed by atoms with Crippen LogP contribution < -0.4 is 5.32 Å². The molecule has 1 unspecified atom stereocenters. The van der Waals surface area contributed by atoms with Crippen LogP contribution in [0.2, 0.25) is 4.34 Å². The Morgan fingerprint density at radius 1 is 1.19 bits per heavy atom. The molecule has 0 spiro atoms. The van der Waals surface area contributed by atoms with Gasteiger partial charge in [0.05, 0.1) is 4.34 Å². The van der Waals surface area contributed by atoms with Gasteiger partial charge in [-0.3, -0.25) is 0 Å². The molecule has 114 valence electrons. The zero-order valence-electron chi connectivity index (χ0n) is 12.7. The van der Waals surface area contributed by atoms with Crippen LogP contribution in [-0.4, -0.2) is 25.0 Å². The van der Waals surface area contributed by atoms with Crippen LogP contribution in [0.5, 0.6) is 0 Å². The predicted octanol–water partition coefficient (Wildman–Crippen LogP) is 4.57. The molecular weight excluding hydrogens is 300 g/mol. The monoisotopic (exact) mass is 322 g/mol. The largest absolute Gasteiger partial charge is 0.310 e. The molecule has 0 saturated carbocycles. The Labute approximate surface area is 136 Å². The van der Waals surface area contributed by atoms with E-state index >= 15 is 0 Å². The van der Waals surface area contributed by atoms with Crippen molar-refractivity contribution in [3.05, 3.63) is 57.2 Å². The van der Waals surface area contributed by atoms with E-state index in [1.165, 1.54) is 10.4 Å². The maximum atomic E-state index is 5.98. The molecule has 0 aliphatic rings. The molecule has 1 atom stereocenters. The third-order valence-electron chi connectivity index (χ3n) is 3.51. The fraction of sp³-hybridized carbons (Fsp3) is 0.412. The van der Waals surface area contributed by atoms with Crippen LogP contribution in [0.25, 0.3) is 0 Å². The molecule has 2 nitrogen and oxygen atoms in total. The minimum absolute atomic E-state index is 0.422. The lowest BCUT2D eigenvalue weighted by Gasteiger charge is -2.22. The van der Waals surface area contributed by atoms with Gasteiger partial charge in [-0.15, -0.1) is 11.3 Å². The van der Waals surface area contributed by atoms with E-state index in [4.69, 9.17) is 11.6 Å². The lowest BCUT2D eigenvalue weighted by atomic mass is 10.0. The number of rotatable bonds is 8. The number of hydrogen-bond acceptors (Lipinski definition) is 3. The smallest absolute Gasteiger partial charge is 0.0931 e. The molecule has 0 fully saturated rings. The normalized spacial score (nSPS) is 12.8. The summed E-state index contributed by atoms with van der Waals surface area (Å²) in [5, 5.41) is 3.58. The van der Waals surface area contributed by atoms with Gasteiger partial charge in [-0.05, 0) is 37.7 Å². The molecule has 1 aromatic carbocycles. The van der Waals surface area contributed by atoms with Gasteiger partial charge in [0.1, 0.15) is 0 Å². The summed E-state index contributed by atoms with van der Waals surface area (Å²) in [6, 6.07) is 15.2. The second-order valence-corrected chi connectivity index (χ2v) is 7.05. The fourth-order valence-electron chi connectivity index (χ4n) is 2.45. The van der Waals surface area contributed by atoms with E-state index in [-0.39, 0.29) is 0 Å². The van der Waals surface area contributed by atoms with Crippen molar-refractivity contribution in [2.24, 2.45) is 0 Å². The first kappa shape index (κ1) is 16.5. The molecule has 1 N–H and O–H groups in total. The van der Waals surface area contributed by atoms with Crippen molar-refractivity contribution in [1.82, 2.24) is 10.2 Å². The van der Waals surface area contributed by atoms with Gasteiger partial charge in [-0.2, -0.15) is 0 Å². The van der Waals surface area contributed by atoms with Crippen LogP contribution in [0.15, 0.2) is 42.5 Å². The Kier molecular flexibility index (Phi) is 6.71. The van der Waals surface area contributed by atoms with Gasteiger partial charge in [0.2, 0.25) is 0 Å². The number of benzene rings is 1. The number of thiophene rings is 1. The van der Waals surface area contributed by atoms with Crippen molar-refractivity contribution in [1.29, 1.82) is 0 Å². The molecule has 0 amide bonds. The molecule has 0 aliphatic heterocycles. The molecule has 4 heteroatoms. The summed E-state index contributed by atoms with van der Waals surface area (Å²) in [7, 11) is 2.17. The minimum atomic E-state index is 0.422. The number of nitrogens with zero attached hydrogens (tertiary/aromatic N) is 1. The van der Waals surface area contributed by atoms with Crippen molar-refractivity contribution in [2.45, 2.75) is 25.9 Å². The predicted molar refractivity (Wildman–Crippen MR) is 93.1 cm³/mol. The summed E-state index contributed by atoms with van der Waals surface area (Å²) >= 11 is 7.65. The molecule has 21 heavy (non-hydrogen) atoms. The van der Waals surface area contributed by atoms with Crippen LogP contribution in [0.3, 0.4) is 0 Å². The highest BCUT2D eigenvalue weighted by Gasteiger charge is 2.11. The molecule has 2 rings (SSSR count). The van der Waals surface area contributed by atoms with Crippen molar-refractivity contribution >= 4 is 22.9 Å². The van der Waals surface area contributed by atoms with Gasteiger partial charge in [-0.1, -0.05) is 48.9 Å². The Balaban J connectivity index is 1.86. The standard InChI is InChI=1S/C17H23ClN2S/c1-3-19-16(14-7-5-4-6-8-14)11-12-20(2)13-15-9-10-17(18)21-15/h4-10,16,19H,3,11-13H2,1-2H3. The zero-order chi connectivity index (χ0) is 15.1. The average molecular weight is 323 g/mol. The second kappa shape index (κ2) is 8.54. The summed E-state index contributed by atoms with van der Waals surface area (Å²) in [6.07, 6.45) is 1.10. The first-order valence-electron chi connectivity index (χ1n) is 7.40. The van der Waals surface area contributed by atoms with Crippen LogP contribution in [0.4, 0.5) is 0 Å². The first-order chi connectivity index (χ1) is 10.2. The fourth-order valence-corrected chi connectivity index (χ4v) is 3.62. The maximum absolute atomic E-state index is 5.98. The van der Waals surface area contributed by atoms with Crippen LogP contribution in [0.1, 0.15) is 29.8 Å². The van der Waals surface area contributed by atoms with Gasteiger partial charge in [-0.25, -0.2) is 0 Å². The third-order valence-corrected chi connectivity index (χ3v) is 4.72. The summed E-state index contributed by atoms with van der Waals surface area (Å²) in [4.78, 5) is 3.68. The molecule has 1 heterocycles. The summed E-state index contributed by atoms with van der Waals surface area (Å²) in [5.41, 5.74) is 1.37. The van der Waals surface area contributed by atoms with Gasteiger partial charge in [0, 0.05) is 24.0 Å². The highest BCUT2D eigenvalue weighted by molar-refractivity contribution is 7.16. The number of hydrogen-bond donors (Lipinski definition) is 1. The van der Waals surface area contributed by atoms with Crippen molar-refractivity contribution < 1.29 is 0 Å². The van der Waals surface area contributed by atoms with Crippen molar-refractivity contribution in [3.63, 3.8) is 0 Å². The third kappa shape index (κ3) is 5.44. The minimum Gasteiger partial charge on any atom is -0.310 e. The van der Waals surface area contributed by atoms with Gasteiger partial charge >= 0.3 is 0 Å². The van der Waals surface area contributed by atoms with Crippen molar-refractivity contribution in [2.75, 3.05) is 20.1 Å². The SMILES string of the molecule is CCNC(CCN(C)Cc1ccc(Cl)s1)c1ccccc1. The zero-order valence-corrected chi connectivity index (χ0v) is 14.3. The molecular formula is C17H23ClN2S. The Morgan fingerprint density at radius 2 is 1.95 bits per heavy atom. The van der Waals surface area contributed by atoms with Crippen LogP contribution in [0, 0.1) is 0 Å². The summed E-state index contributed by atoms with van der Waals surface area (Å²) < 4.78 is 0.869. The van der Waals surface area contributed by atoms with Crippen LogP contribution in [-0.2, 0) is 6.54 Å².